The van der Waals surface area contributed by atoms with Gasteiger partial charge in [0, 0.05) is 38.5 Å². The molecule has 1 aromatic heterocycles. The number of hydrogen-bond donors (Lipinski definition) is 1. The van der Waals surface area contributed by atoms with Crippen LogP contribution in [0.5, 0.6) is 5.75 Å². The van der Waals surface area contributed by atoms with E-state index in [1.165, 1.54) is 22.6 Å². The summed E-state index contributed by atoms with van der Waals surface area (Å²) in [6, 6.07) is 14.0. The van der Waals surface area contributed by atoms with Gasteiger partial charge < -0.3 is 14.0 Å². The molecule has 0 aliphatic carbocycles. The maximum atomic E-state index is 13.3. The fourth-order valence-corrected chi connectivity index (χ4v) is 4.58. The Morgan fingerprint density at radius 1 is 1.22 bits per heavy atom. The summed E-state index contributed by atoms with van der Waals surface area (Å²) in [5.41, 5.74) is 3.81. The molecular formula is C20H15BrClFN2OS. The zero-order valence-corrected chi connectivity index (χ0v) is 17.2. The molecule has 2 aromatic carbocycles. The van der Waals surface area contributed by atoms with Crippen LogP contribution in [0, 0.1) is 5.82 Å². The molecule has 2 heterocycles. The molecule has 138 valence electrons. The van der Waals surface area contributed by atoms with E-state index in [0.717, 1.165) is 23.5 Å². The predicted octanol–water partition coefficient (Wildman–Crippen LogP) is 6.66. The second-order valence-electron chi connectivity index (χ2n) is 6.05. The van der Waals surface area contributed by atoms with E-state index in [1.54, 1.807) is 17.4 Å². The van der Waals surface area contributed by atoms with Crippen molar-refractivity contribution in [1.29, 1.82) is 0 Å². The van der Waals surface area contributed by atoms with E-state index in [9.17, 15) is 4.39 Å². The largest absolute Gasteiger partial charge is 0.487 e. The van der Waals surface area contributed by atoms with Crippen molar-refractivity contribution >= 4 is 50.5 Å². The normalized spacial score (nSPS) is 13.1. The van der Waals surface area contributed by atoms with Crippen molar-refractivity contribution in [2.24, 2.45) is 0 Å². The molecule has 0 atom stereocenters. The number of rotatable bonds is 5. The van der Waals surface area contributed by atoms with Crippen LogP contribution in [0.3, 0.4) is 0 Å². The quantitative estimate of drug-likeness (QED) is 0.427. The van der Waals surface area contributed by atoms with Gasteiger partial charge in [0.05, 0.1) is 17.3 Å². The van der Waals surface area contributed by atoms with E-state index in [2.05, 4.69) is 32.9 Å². The molecular weight excluding hydrogens is 451 g/mol. The molecule has 1 N–H and O–H groups in total. The Kier molecular flexibility index (Phi) is 5.38. The third-order valence-corrected chi connectivity index (χ3v) is 5.75. The third-order valence-electron chi connectivity index (χ3n) is 4.09. The summed E-state index contributed by atoms with van der Waals surface area (Å²) in [5, 5.41) is 5.99. The number of fused-ring (bicyclic) bond motifs is 1. The number of halogens is 3. The molecule has 0 saturated carbocycles. The Hall–Kier alpha value is -2.02. The van der Waals surface area contributed by atoms with E-state index in [1.807, 2.05) is 34.4 Å². The van der Waals surface area contributed by atoms with E-state index in [0.29, 0.717) is 10.8 Å². The highest BCUT2D eigenvalue weighted by molar-refractivity contribution is 9.07. The second-order valence-corrected chi connectivity index (χ2v) is 8.37. The first kappa shape index (κ1) is 18.3. The van der Waals surface area contributed by atoms with Crippen LogP contribution in [0.15, 0.2) is 60.1 Å². The van der Waals surface area contributed by atoms with Gasteiger partial charge in [-0.1, -0.05) is 23.7 Å². The van der Waals surface area contributed by atoms with E-state index >= 15 is 0 Å². The predicted molar refractivity (Wildman–Crippen MR) is 113 cm³/mol. The third kappa shape index (κ3) is 4.29. The van der Waals surface area contributed by atoms with Crippen LogP contribution in [0.2, 0.25) is 5.02 Å². The Morgan fingerprint density at radius 2 is 2.11 bits per heavy atom. The standard InChI is InChI=1S/C20H15BrClFN2OS/c21-25-10-18(16-6-7-27-20(16)11-25)24-15-4-5-19(17(22)9-15)26-12-13-2-1-3-14(23)8-13/h1-10,24H,11-12H2. The smallest absolute Gasteiger partial charge is 0.138 e. The van der Waals surface area contributed by atoms with Crippen LogP contribution in [-0.4, -0.2) is 3.93 Å². The number of nitrogens with one attached hydrogen (secondary N) is 1. The molecule has 0 radical (unpaired) electrons. The van der Waals surface area contributed by atoms with Crippen LogP contribution in [-0.2, 0) is 13.2 Å². The van der Waals surface area contributed by atoms with Crippen molar-refractivity contribution in [1.82, 2.24) is 3.93 Å². The van der Waals surface area contributed by atoms with E-state index < -0.39 is 0 Å². The molecule has 0 bridgehead atoms. The van der Waals surface area contributed by atoms with Crippen LogP contribution >= 0.6 is 39.1 Å². The first-order valence-corrected chi connectivity index (χ1v) is 10.2. The SMILES string of the molecule is Fc1cccc(COc2ccc(NC3=CN(Br)Cc4sccc43)cc2Cl)c1. The lowest BCUT2D eigenvalue weighted by Gasteiger charge is -2.22. The summed E-state index contributed by atoms with van der Waals surface area (Å²) in [6.07, 6.45) is 2.01. The van der Waals surface area contributed by atoms with E-state index in [4.69, 9.17) is 16.3 Å². The minimum atomic E-state index is -0.281. The fraction of sp³-hybridized carbons (Fsp3) is 0.100. The van der Waals surface area contributed by atoms with Crippen molar-refractivity contribution < 1.29 is 9.13 Å². The number of ether oxygens (including phenoxy) is 1. The summed E-state index contributed by atoms with van der Waals surface area (Å²) in [7, 11) is 0. The summed E-state index contributed by atoms with van der Waals surface area (Å²) in [4.78, 5) is 1.29. The zero-order valence-electron chi connectivity index (χ0n) is 14.1. The number of thiophene rings is 1. The molecule has 1 aliphatic rings. The van der Waals surface area contributed by atoms with Crippen LogP contribution in [0.25, 0.3) is 5.70 Å². The monoisotopic (exact) mass is 464 g/mol. The van der Waals surface area contributed by atoms with Gasteiger partial charge in [0.25, 0.3) is 0 Å². The highest BCUT2D eigenvalue weighted by atomic mass is 79.9. The van der Waals surface area contributed by atoms with Gasteiger partial charge >= 0.3 is 0 Å². The molecule has 0 unspecified atom stereocenters. The minimum Gasteiger partial charge on any atom is -0.487 e. The molecule has 3 nitrogen and oxygen atoms in total. The highest BCUT2D eigenvalue weighted by Gasteiger charge is 2.17. The molecule has 3 aromatic rings. The first-order valence-electron chi connectivity index (χ1n) is 8.23. The average Bonchev–Trinajstić information content (AvgIpc) is 3.09. The van der Waals surface area contributed by atoms with Crippen molar-refractivity contribution in [3.63, 3.8) is 0 Å². The summed E-state index contributed by atoms with van der Waals surface area (Å²) >= 11 is 11.6. The van der Waals surface area contributed by atoms with Gasteiger partial charge in [-0.3, -0.25) is 0 Å². The van der Waals surface area contributed by atoms with Crippen LogP contribution in [0.4, 0.5) is 10.1 Å². The highest BCUT2D eigenvalue weighted by Crippen LogP contribution is 2.34. The Labute approximate surface area is 174 Å². The fourth-order valence-electron chi connectivity index (χ4n) is 2.83. The summed E-state index contributed by atoms with van der Waals surface area (Å²) < 4.78 is 20.9. The van der Waals surface area contributed by atoms with Gasteiger partial charge in [-0.2, -0.15) is 0 Å². The number of nitrogens with zero attached hydrogens (tertiary/aromatic N) is 1. The molecule has 0 fully saturated rings. The molecule has 4 rings (SSSR count). The molecule has 0 spiro atoms. The lowest BCUT2D eigenvalue weighted by atomic mass is 10.1. The molecule has 27 heavy (non-hydrogen) atoms. The van der Waals surface area contributed by atoms with Gasteiger partial charge in [-0.05, 0) is 47.3 Å². The average molecular weight is 466 g/mol. The molecule has 0 saturated heterocycles. The van der Waals surface area contributed by atoms with Crippen LogP contribution < -0.4 is 10.1 Å². The van der Waals surface area contributed by atoms with Crippen molar-refractivity contribution in [3.05, 3.63) is 87.0 Å². The first-order chi connectivity index (χ1) is 13.1. The van der Waals surface area contributed by atoms with Crippen molar-refractivity contribution in [2.45, 2.75) is 13.2 Å². The van der Waals surface area contributed by atoms with Gasteiger partial charge in [0.15, 0.2) is 0 Å². The number of benzene rings is 2. The lowest BCUT2D eigenvalue weighted by molar-refractivity contribution is 0.306. The maximum Gasteiger partial charge on any atom is 0.138 e. The Bertz CT molecular complexity index is 1010. The Balaban J connectivity index is 1.47. The zero-order chi connectivity index (χ0) is 18.8. The van der Waals surface area contributed by atoms with Gasteiger partial charge in [-0.15, -0.1) is 11.3 Å². The lowest BCUT2D eigenvalue weighted by Crippen LogP contribution is -2.13. The summed E-state index contributed by atoms with van der Waals surface area (Å²) in [6.45, 7) is 1.10. The molecule has 0 amide bonds. The van der Waals surface area contributed by atoms with Crippen LogP contribution in [0.1, 0.15) is 16.0 Å². The Morgan fingerprint density at radius 3 is 2.93 bits per heavy atom. The second kappa shape index (κ2) is 7.92. The minimum absolute atomic E-state index is 0.256. The van der Waals surface area contributed by atoms with Crippen molar-refractivity contribution in [3.8, 4) is 5.75 Å². The number of hydrogen-bond acceptors (Lipinski definition) is 4. The van der Waals surface area contributed by atoms with Gasteiger partial charge in [-0.25, -0.2) is 4.39 Å². The van der Waals surface area contributed by atoms with Gasteiger partial charge in [0.2, 0.25) is 0 Å². The topological polar surface area (TPSA) is 24.5 Å². The maximum absolute atomic E-state index is 13.3. The molecule has 1 aliphatic heterocycles. The van der Waals surface area contributed by atoms with Gasteiger partial charge in [0.1, 0.15) is 18.2 Å². The van der Waals surface area contributed by atoms with E-state index in [-0.39, 0.29) is 12.4 Å². The summed E-state index contributed by atoms with van der Waals surface area (Å²) in [5.74, 6) is 0.276. The number of anilines is 1. The molecule has 7 heteroatoms. The van der Waals surface area contributed by atoms with Crippen molar-refractivity contribution in [2.75, 3.05) is 5.32 Å².